The number of nitro groups is 1. The van der Waals surface area contributed by atoms with E-state index < -0.39 is 10.7 Å². The third kappa shape index (κ3) is 3.75. The Balaban J connectivity index is 2.15. The Hall–Kier alpha value is -2.02. The van der Waals surface area contributed by atoms with Crippen molar-refractivity contribution in [3.8, 4) is 0 Å². The van der Waals surface area contributed by atoms with Crippen molar-refractivity contribution < 1.29 is 9.31 Å². The molecule has 1 N–H and O–H groups in total. The van der Waals surface area contributed by atoms with Crippen molar-refractivity contribution in [2.45, 2.75) is 32.7 Å². The van der Waals surface area contributed by atoms with E-state index in [0.29, 0.717) is 6.54 Å². The van der Waals surface area contributed by atoms with Crippen LogP contribution in [-0.4, -0.2) is 9.91 Å². The van der Waals surface area contributed by atoms with E-state index in [9.17, 15) is 14.5 Å². The van der Waals surface area contributed by atoms with E-state index in [1.54, 1.807) is 17.5 Å². The van der Waals surface area contributed by atoms with E-state index in [1.165, 1.54) is 0 Å². The minimum absolute atomic E-state index is 0.0340. The van der Waals surface area contributed by atoms with Gasteiger partial charge in [-0.25, -0.2) is 9.37 Å². The molecule has 0 bridgehead atoms. The molecule has 0 radical (unpaired) electrons. The molecule has 0 aliphatic carbocycles. The lowest BCUT2D eigenvalue weighted by Gasteiger charge is -2.13. The lowest BCUT2D eigenvalue weighted by Crippen LogP contribution is -2.09. The van der Waals surface area contributed by atoms with E-state index >= 15 is 0 Å². The van der Waals surface area contributed by atoms with Gasteiger partial charge in [0, 0.05) is 28.6 Å². The first-order chi connectivity index (χ1) is 9.77. The Labute approximate surface area is 126 Å². The Morgan fingerprint density at radius 1 is 1.43 bits per heavy atom. The molecule has 5 nitrogen and oxygen atoms in total. The minimum Gasteiger partial charge on any atom is -0.374 e. The van der Waals surface area contributed by atoms with Crippen molar-refractivity contribution in [2.75, 3.05) is 5.32 Å². The monoisotopic (exact) mass is 309 g/mol. The van der Waals surface area contributed by atoms with E-state index in [4.69, 9.17) is 0 Å². The Morgan fingerprint density at radius 3 is 2.71 bits per heavy atom. The number of nitrogens with one attached hydrogen (secondary N) is 1. The minimum atomic E-state index is -0.533. The van der Waals surface area contributed by atoms with Gasteiger partial charge < -0.3 is 5.32 Å². The molecule has 7 heteroatoms. The van der Waals surface area contributed by atoms with Crippen molar-refractivity contribution in [1.29, 1.82) is 0 Å². The molecule has 0 unspecified atom stereocenters. The van der Waals surface area contributed by atoms with Crippen LogP contribution in [0, 0.1) is 15.9 Å². The lowest BCUT2D eigenvalue weighted by atomic mass is 9.98. The summed E-state index contributed by atoms with van der Waals surface area (Å²) in [7, 11) is 0. The largest absolute Gasteiger partial charge is 0.374 e. The van der Waals surface area contributed by atoms with E-state index in [1.807, 2.05) is 0 Å². The summed E-state index contributed by atoms with van der Waals surface area (Å²) in [6.45, 7) is 6.58. The number of halogens is 1. The first-order valence-corrected chi connectivity index (χ1v) is 7.22. The van der Waals surface area contributed by atoms with Gasteiger partial charge in [-0.3, -0.25) is 10.1 Å². The van der Waals surface area contributed by atoms with Crippen LogP contribution in [0.5, 0.6) is 0 Å². The predicted octanol–water partition coefficient (Wildman–Crippen LogP) is 4.10. The number of hydrogen-bond acceptors (Lipinski definition) is 5. The maximum atomic E-state index is 13.2. The molecule has 0 saturated heterocycles. The molecule has 1 aromatic carbocycles. The number of benzene rings is 1. The fourth-order valence-electron chi connectivity index (χ4n) is 1.73. The first kappa shape index (κ1) is 15.4. The molecular weight excluding hydrogens is 293 g/mol. The van der Waals surface area contributed by atoms with Gasteiger partial charge in [-0.05, 0) is 6.07 Å². The van der Waals surface area contributed by atoms with E-state index in [-0.39, 0.29) is 16.8 Å². The van der Waals surface area contributed by atoms with Gasteiger partial charge in [0.05, 0.1) is 16.5 Å². The second kappa shape index (κ2) is 5.77. The summed E-state index contributed by atoms with van der Waals surface area (Å²) in [5, 5.41) is 14.8. The third-order valence-corrected chi connectivity index (χ3v) is 4.23. The molecule has 21 heavy (non-hydrogen) atoms. The van der Waals surface area contributed by atoms with Crippen LogP contribution >= 0.6 is 11.3 Å². The second-order valence-electron chi connectivity index (χ2n) is 5.65. The molecule has 0 fully saturated rings. The van der Waals surface area contributed by atoms with E-state index in [2.05, 4.69) is 31.1 Å². The number of thiazole rings is 1. The van der Waals surface area contributed by atoms with Gasteiger partial charge in [0.2, 0.25) is 0 Å². The topological polar surface area (TPSA) is 68.1 Å². The molecule has 0 spiro atoms. The molecular formula is C14H16FN3O2S. The highest BCUT2D eigenvalue weighted by Gasteiger charge is 2.19. The molecule has 112 valence electrons. The quantitative estimate of drug-likeness (QED) is 0.682. The standard InChI is InChI=1S/C14H16FN3O2S/c1-14(2,3)13-17-8-10(21-13)7-16-11-6-9(15)4-5-12(11)18(19)20/h4-6,8,16H,7H2,1-3H3. The summed E-state index contributed by atoms with van der Waals surface area (Å²) >= 11 is 1.54. The summed E-state index contributed by atoms with van der Waals surface area (Å²) < 4.78 is 13.2. The van der Waals surface area contributed by atoms with Gasteiger partial charge in [0.15, 0.2) is 0 Å². The molecule has 2 rings (SSSR count). The smallest absolute Gasteiger partial charge is 0.292 e. The summed E-state index contributed by atoms with van der Waals surface area (Å²) in [6.07, 6.45) is 1.74. The van der Waals surface area contributed by atoms with Gasteiger partial charge in [-0.2, -0.15) is 0 Å². The average molecular weight is 309 g/mol. The van der Waals surface area contributed by atoms with Crippen LogP contribution in [0.2, 0.25) is 0 Å². The number of nitrogens with zero attached hydrogens (tertiary/aromatic N) is 2. The SMILES string of the molecule is CC(C)(C)c1ncc(CNc2cc(F)ccc2[N+](=O)[O-])s1. The zero-order valence-corrected chi connectivity index (χ0v) is 12.8. The molecule has 0 aliphatic rings. The fourth-order valence-corrected chi connectivity index (χ4v) is 2.64. The molecule has 0 aliphatic heterocycles. The highest BCUT2D eigenvalue weighted by Crippen LogP contribution is 2.29. The molecule has 0 amide bonds. The Kier molecular flexibility index (Phi) is 4.22. The second-order valence-corrected chi connectivity index (χ2v) is 6.77. The van der Waals surface area contributed by atoms with Crippen molar-refractivity contribution >= 4 is 22.7 Å². The Bertz CT molecular complexity index is 664. The zero-order valence-electron chi connectivity index (χ0n) is 12.0. The summed E-state index contributed by atoms with van der Waals surface area (Å²) in [5.74, 6) is -0.511. The van der Waals surface area contributed by atoms with Crippen LogP contribution in [0.4, 0.5) is 15.8 Å². The summed E-state index contributed by atoms with van der Waals surface area (Å²) in [6, 6.07) is 3.36. The van der Waals surface area contributed by atoms with Crippen LogP contribution in [0.3, 0.4) is 0 Å². The van der Waals surface area contributed by atoms with Gasteiger partial charge in [0.1, 0.15) is 11.5 Å². The van der Waals surface area contributed by atoms with Gasteiger partial charge in [-0.15, -0.1) is 11.3 Å². The fraction of sp³-hybridized carbons (Fsp3) is 0.357. The van der Waals surface area contributed by atoms with Crippen LogP contribution in [0.1, 0.15) is 30.7 Å². The Morgan fingerprint density at radius 2 is 2.14 bits per heavy atom. The van der Waals surface area contributed by atoms with Crippen LogP contribution in [0.25, 0.3) is 0 Å². The average Bonchev–Trinajstić information content (AvgIpc) is 2.84. The maximum Gasteiger partial charge on any atom is 0.292 e. The van der Waals surface area contributed by atoms with Gasteiger partial charge >= 0.3 is 0 Å². The molecule has 0 saturated carbocycles. The van der Waals surface area contributed by atoms with Crippen molar-refractivity contribution in [2.24, 2.45) is 0 Å². The molecule has 1 aromatic heterocycles. The van der Waals surface area contributed by atoms with Crippen molar-refractivity contribution in [3.05, 3.63) is 50.2 Å². The van der Waals surface area contributed by atoms with Crippen molar-refractivity contribution in [1.82, 2.24) is 4.98 Å². The van der Waals surface area contributed by atoms with Gasteiger partial charge in [0.25, 0.3) is 5.69 Å². The lowest BCUT2D eigenvalue weighted by molar-refractivity contribution is -0.384. The molecule has 1 heterocycles. The van der Waals surface area contributed by atoms with Crippen LogP contribution in [0.15, 0.2) is 24.4 Å². The van der Waals surface area contributed by atoms with Crippen LogP contribution < -0.4 is 5.32 Å². The number of nitro benzene ring substituents is 1. The highest BCUT2D eigenvalue weighted by atomic mass is 32.1. The number of hydrogen-bond donors (Lipinski definition) is 1. The summed E-state index contributed by atoms with van der Waals surface area (Å²) in [4.78, 5) is 15.7. The predicted molar refractivity (Wildman–Crippen MR) is 81.2 cm³/mol. The normalized spacial score (nSPS) is 11.4. The zero-order chi connectivity index (χ0) is 15.6. The number of anilines is 1. The first-order valence-electron chi connectivity index (χ1n) is 6.40. The van der Waals surface area contributed by atoms with Gasteiger partial charge in [-0.1, -0.05) is 20.8 Å². The summed E-state index contributed by atoms with van der Waals surface area (Å²) in [5.41, 5.74) is -0.00371. The number of aromatic nitrogens is 1. The maximum absolute atomic E-state index is 13.2. The molecule has 0 atom stereocenters. The molecule has 2 aromatic rings. The number of rotatable bonds is 4. The van der Waals surface area contributed by atoms with Crippen molar-refractivity contribution in [3.63, 3.8) is 0 Å². The van der Waals surface area contributed by atoms with E-state index in [0.717, 1.165) is 28.1 Å². The van der Waals surface area contributed by atoms with Crippen LogP contribution in [-0.2, 0) is 12.0 Å². The third-order valence-electron chi connectivity index (χ3n) is 2.80. The highest BCUT2D eigenvalue weighted by molar-refractivity contribution is 7.11.